The first kappa shape index (κ1) is 16.4. The van der Waals surface area contributed by atoms with E-state index in [1.54, 1.807) is 12.1 Å². The Hall–Kier alpha value is -0.950. The van der Waals surface area contributed by atoms with Crippen LogP contribution in [0.1, 0.15) is 31.2 Å². The molecule has 1 fully saturated rings. The highest BCUT2D eigenvalue weighted by Crippen LogP contribution is 2.32. The number of aryl methyl sites for hydroxylation is 1. The molecule has 0 atom stereocenters. The maximum absolute atomic E-state index is 12.1. The van der Waals surface area contributed by atoms with Gasteiger partial charge in [0.2, 0.25) is 0 Å². The summed E-state index contributed by atoms with van der Waals surface area (Å²) in [7, 11) is -3.72. The molecule has 0 amide bonds. The summed E-state index contributed by atoms with van der Waals surface area (Å²) < 4.78 is 29.2. The van der Waals surface area contributed by atoms with Gasteiger partial charge in [0.15, 0.2) is 0 Å². The number of rotatable bonds is 5. The standard InChI is InChI=1S/C15H22O5S/c1-12-2-4-14(5-3-12)21(18,19)20-10-13-6-8-15(17,11-16)9-7-13/h2-5,13,16-17H,6-11H2,1H3. The largest absolute Gasteiger partial charge is 0.393 e. The molecular weight excluding hydrogens is 292 g/mol. The number of hydrogen-bond donors (Lipinski definition) is 2. The van der Waals surface area contributed by atoms with E-state index < -0.39 is 15.7 Å². The third kappa shape index (κ3) is 4.26. The van der Waals surface area contributed by atoms with Gasteiger partial charge in [-0.15, -0.1) is 0 Å². The fourth-order valence-electron chi connectivity index (χ4n) is 2.50. The molecule has 0 saturated heterocycles. The normalized spacial score (nSPS) is 26.7. The van der Waals surface area contributed by atoms with Gasteiger partial charge in [-0.25, -0.2) is 0 Å². The van der Waals surface area contributed by atoms with Gasteiger partial charge in [-0.2, -0.15) is 8.42 Å². The van der Waals surface area contributed by atoms with Crippen LogP contribution in [-0.2, 0) is 14.3 Å². The van der Waals surface area contributed by atoms with Crippen LogP contribution in [0.3, 0.4) is 0 Å². The van der Waals surface area contributed by atoms with E-state index >= 15 is 0 Å². The monoisotopic (exact) mass is 314 g/mol. The molecule has 118 valence electrons. The summed E-state index contributed by atoms with van der Waals surface area (Å²) in [5.41, 5.74) is -0.0173. The smallest absolute Gasteiger partial charge is 0.296 e. The molecule has 1 aliphatic carbocycles. The second-order valence-electron chi connectivity index (χ2n) is 5.88. The van der Waals surface area contributed by atoms with Gasteiger partial charge < -0.3 is 10.2 Å². The molecule has 0 bridgehead atoms. The molecular formula is C15H22O5S. The van der Waals surface area contributed by atoms with E-state index in [4.69, 9.17) is 9.29 Å². The molecule has 5 nitrogen and oxygen atoms in total. The van der Waals surface area contributed by atoms with Crippen molar-refractivity contribution in [3.8, 4) is 0 Å². The maximum atomic E-state index is 12.1. The maximum Gasteiger partial charge on any atom is 0.296 e. The first-order valence-corrected chi connectivity index (χ1v) is 8.55. The first-order valence-electron chi connectivity index (χ1n) is 7.14. The molecule has 0 radical (unpaired) electrons. The Labute approximate surface area is 125 Å². The Balaban J connectivity index is 1.90. The lowest BCUT2D eigenvalue weighted by atomic mass is 9.80. The summed E-state index contributed by atoms with van der Waals surface area (Å²) in [5, 5.41) is 19.0. The summed E-state index contributed by atoms with van der Waals surface area (Å²) in [6.45, 7) is 1.77. The Bertz CT molecular complexity index is 556. The van der Waals surface area contributed by atoms with Crippen molar-refractivity contribution in [1.29, 1.82) is 0 Å². The number of benzene rings is 1. The van der Waals surface area contributed by atoms with Crippen LogP contribution in [0.15, 0.2) is 29.2 Å². The van der Waals surface area contributed by atoms with Crippen molar-refractivity contribution >= 4 is 10.1 Å². The average molecular weight is 314 g/mol. The molecule has 1 aromatic carbocycles. The molecule has 6 heteroatoms. The number of hydrogen-bond acceptors (Lipinski definition) is 5. The topological polar surface area (TPSA) is 83.8 Å². The molecule has 0 aromatic heterocycles. The van der Waals surface area contributed by atoms with Gasteiger partial charge >= 0.3 is 0 Å². The van der Waals surface area contributed by atoms with E-state index in [1.807, 2.05) is 6.92 Å². The molecule has 1 aliphatic rings. The van der Waals surface area contributed by atoms with Crippen molar-refractivity contribution in [3.63, 3.8) is 0 Å². The minimum absolute atomic E-state index is 0.0945. The third-order valence-corrected chi connectivity index (χ3v) is 5.39. The zero-order chi connectivity index (χ0) is 15.5. The highest BCUT2D eigenvalue weighted by molar-refractivity contribution is 7.86. The van der Waals surface area contributed by atoms with Crippen molar-refractivity contribution in [3.05, 3.63) is 29.8 Å². The average Bonchev–Trinajstić information content (AvgIpc) is 2.47. The summed E-state index contributed by atoms with van der Waals surface area (Å²) >= 11 is 0. The molecule has 0 aliphatic heterocycles. The van der Waals surface area contributed by atoms with Crippen LogP contribution in [0.2, 0.25) is 0 Å². The summed E-state index contributed by atoms with van der Waals surface area (Å²) in [6.07, 6.45) is 2.26. The van der Waals surface area contributed by atoms with Gasteiger partial charge in [0.25, 0.3) is 10.1 Å². The molecule has 2 rings (SSSR count). The molecule has 0 unspecified atom stereocenters. The quantitative estimate of drug-likeness (QED) is 0.807. The van der Waals surface area contributed by atoms with Crippen LogP contribution in [0.25, 0.3) is 0 Å². The third-order valence-electron chi connectivity index (χ3n) is 4.10. The molecule has 21 heavy (non-hydrogen) atoms. The van der Waals surface area contributed by atoms with E-state index in [1.165, 1.54) is 12.1 Å². The van der Waals surface area contributed by atoms with E-state index in [9.17, 15) is 13.5 Å². The van der Waals surface area contributed by atoms with Crippen molar-refractivity contribution in [1.82, 2.24) is 0 Å². The van der Waals surface area contributed by atoms with Gasteiger partial charge in [0.1, 0.15) is 0 Å². The van der Waals surface area contributed by atoms with Gasteiger partial charge in [-0.05, 0) is 50.7 Å². The highest BCUT2D eigenvalue weighted by atomic mass is 32.2. The zero-order valence-electron chi connectivity index (χ0n) is 12.2. The zero-order valence-corrected chi connectivity index (χ0v) is 13.0. The molecule has 1 saturated carbocycles. The second-order valence-corrected chi connectivity index (χ2v) is 7.49. The van der Waals surface area contributed by atoms with E-state index in [0.717, 1.165) is 5.56 Å². The fourth-order valence-corrected chi connectivity index (χ4v) is 3.48. The van der Waals surface area contributed by atoms with Crippen LogP contribution in [0.4, 0.5) is 0 Å². The Morgan fingerprint density at radius 2 is 1.81 bits per heavy atom. The Morgan fingerprint density at radius 1 is 1.24 bits per heavy atom. The van der Waals surface area contributed by atoms with E-state index in [2.05, 4.69) is 0 Å². The van der Waals surface area contributed by atoms with Crippen molar-refractivity contribution in [2.45, 2.75) is 43.1 Å². The van der Waals surface area contributed by atoms with E-state index in [0.29, 0.717) is 25.7 Å². The predicted molar refractivity (Wildman–Crippen MR) is 78.3 cm³/mol. The van der Waals surface area contributed by atoms with Gasteiger partial charge in [-0.1, -0.05) is 17.7 Å². The molecule has 1 aromatic rings. The molecule has 2 N–H and O–H groups in total. The van der Waals surface area contributed by atoms with E-state index in [-0.39, 0.29) is 24.0 Å². The van der Waals surface area contributed by atoms with Crippen LogP contribution >= 0.6 is 0 Å². The lowest BCUT2D eigenvalue weighted by Crippen LogP contribution is -2.38. The molecule has 0 heterocycles. The van der Waals surface area contributed by atoms with Crippen LogP contribution in [0, 0.1) is 12.8 Å². The Kier molecular flexibility index (Phi) is 5.03. The van der Waals surface area contributed by atoms with Crippen molar-refractivity contribution in [2.75, 3.05) is 13.2 Å². The van der Waals surface area contributed by atoms with Gasteiger partial charge in [0, 0.05) is 0 Å². The predicted octanol–water partition coefficient (Wildman–Crippen LogP) is 1.61. The molecule has 0 spiro atoms. The Morgan fingerprint density at radius 3 is 2.33 bits per heavy atom. The first-order chi connectivity index (χ1) is 9.85. The van der Waals surface area contributed by atoms with Crippen LogP contribution in [-0.4, -0.2) is 37.4 Å². The van der Waals surface area contributed by atoms with Crippen molar-refractivity contribution < 1.29 is 22.8 Å². The summed E-state index contributed by atoms with van der Waals surface area (Å²) in [6, 6.07) is 6.54. The minimum Gasteiger partial charge on any atom is -0.393 e. The minimum atomic E-state index is -3.72. The van der Waals surface area contributed by atoms with Crippen LogP contribution in [0.5, 0.6) is 0 Å². The lowest BCUT2D eigenvalue weighted by molar-refractivity contribution is -0.0548. The van der Waals surface area contributed by atoms with Crippen molar-refractivity contribution in [2.24, 2.45) is 5.92 Å². The fraction of sp³-hybridized carbons (Fsp3) is 0.600. The van der Waals surface area contributed by atoms with Gasteiger partial charge in [-0.3, -0.25) is 4.18 Å². The summed E-state index contributed by atoms with van der Waals surface area (Å²) in [4.78, 5) is 0.163. The lowest BCUT2D eigenvalue weighted by Gasteiger charge is -2.34. The second kappa shape index (κ2) is 6.44. The number of aliphatic hydroxyl groups is 2. The highest BCUT2D eigenvalue weighted by Gasteiger charge is 2.33. The van der Waals surface area contributed by atoms with Crippen LogP contribution < -0.4 is 0 Å². The SMILES string of the molecule is Cc1ccc(S(=O)(=O)OCC2CCC(O)(CO)CC2)cc1. The summed E-state index contributed by atoms with van der Waals surface area (Å²) in [5.74, 6) is 0.0945. The number of aliphatic hydroxyl groups excluding tert-OH is 1. The van der Waals surface area contributed by atoms with Gasteiger partial charge in [0.05, 0.1) is 23.7 Å².